The predicted molar refractivity (Wildman–Crippen MR) is 62.8 cm³/mol. The van der Waals surface area contributed by atoms with Gasteiger partial charge >= 0.3 is 0 Å². The van der Waals surface area contributed by atoms with Crippen molar-refractivity contribution < 1.29 is 0 Å². The fourth-order valence-corrected chi connectivity index (χ4v) is 1.50. The molecule has 86 valence electrons. The van der Waals surface area contributed by atoms with Gasteiger partial charge in [-0.25, -0.2) is 0 Å². The molecule has 0 spiro atoms. The second kappa shape index (κ2) is 5.88. The number of aromatic nitrogens is 2. The Morgan fingerprint density at radius 1 is 1.53 bits per heavy atom. The van der Waals surface area contributed by atoms with Crippen LogP contribution in [-0.4, -0.2) is 41.9 Å². The van der Waals surface area contributed by atoms with Gasteiger partial charge in [0.05, 0.1) is 6.20 Å². The molecular formula is C11H22N4. The Morgan fingerprint density at radius 2 is 2.27 bits per heavy atom. The van der Waals surface area contributed by atoms with Crippen LogP contribution in [0.3, 0.4) is 0 Å². The van der Waals surface area contributed by atoms with E-state index < -0.39 is 0 Å². The van der Waals surface area contributed by atoms with E-state index in [1.807, 2.05) is 17.9 Å². The largest absolute Gasteiger partial charge is 0.310 e. The van der Waals surface area contributed by atoms with Gasteiger partial charge in [-0.15, -0.1) is 0 Å². The maximum Gasteiger partial charge on any atom is 0.0537 e. The van der Waals surface area contributed by atoms with E-state index in [4.69, 9.17) is 0 Å². The molecule has 0 radical (unpaired) electrons. The highest BCUT2D eigenvalue weighted by Crippen LogP contribution is 2.09. The summed E-state index contributed by atoms with van der Waals surface area (Å²) in [6, 6.07) is 0.390. The van der Waals surface area contributed by atoms with Crippen molar-refractivity contribution in [3.8, 4) is 0 Å². The molecule has 1 aromatic heterocycles. The summed E-state index contributed by atoms with van der Waals surface area (Å²) < 4.78 is 1.84. The van der Waals surface area contributed by atoms with Crippen LogP contribution in [-0.2, 0) is 7.05 Å². The second-order valence-corrected chi connectivity index (χ2v) is 4.28. The normalized spacial score (nSPS) is 13.4. The molecule has 0 bridgehead atoms. The molecule has 0 aliphatic heterocycles. The summed E-state index contributed by atoms with van der Waals surface area (Å²) in [5.41, 5.74) is 1.25. The molecule has 0 saturated heterocycles. The van der Waals surface area contributed by atoms with Gasteiger partial charge in [0, 0.05) is 24.8 Å². The molecule has 1 unspecified atom stereocenters. The van der Waals surface area contributed by atoms with Crippen molar-refractivity contribution in [1.29, 1.82) is 0 Å². The molecule has 0 fully saturated rings. The minimum Gasteiger partial charge on any atom is -0.310 e. The molecule has 0 amide bonds. The summed E-state index contributed by atoms with van der Waals surface area (Å²) >= 11 is 0. The zero-order chi connectivity index (χ0) is 11.3. The van der Waals surface area contributed by atoms with Crippen LogP contribution in [0.4, 0.5) is 0 Å². The Morgan fingerprint density at radius 3 is 2.80 bits per heavy atom. The van der Waals surface area contributed by atoms with E-state index in [2.05, 4.69) is 42.5 Å². The summed E-state index contributed by atoms with van der Waals surface area (Å²) in [7, 11) is 6.15. The number of nitrogens with zero attached hydrogens (tertiary/aromatic N) is 3. The molecule has 4 heteroatoms. The molecule has 0 aromatic carbocycles. The standard InChI is InChI=1S/C11H22N4/c1-10(11-8-13-15(4)9-11)12-6-5-7-14(2)3/h8-10,12H,5-7H2,1-4H3. The van der Waals surface area contributed by atoms with E-state index in [-0.39, 0.29) is 0 Å². The highest BCUT2D eigenvalue weighted by Gasteiger charge is 2.05. The van der Waals surface area contributed by atoms with Crippen LogP contribution in [0.5, 0.6) is 0 Å². The summed E-state index contributed by atoms with van der Waals surface area (Å²) in [6.45, 7) is 4.35. The molecule has 1 aromatic rings. The van der Waals surface area contributed by atoms with Crippen molar-refractivity contribution in [2.45, 2.75) is 19.4 Å². The van der Waals surface area contributed by atoms with E-state index in [0.29, 0.717) is 6.04 Å². The number of rotatable bonds is 6. The van der Waals surface area contributed by atoms with Crippen LogP contribution in [0.1, 0.15) is 24.9 Å². The highest BCUT2D eigenvalue weighted by atomic mass is 15.2. The number of nitrogens with one attached hydrogen (secondary N) is 1. The van der Waals surface area contributed by atoms with Gasteiger partial charge in [0.1, 0.15) is 0 Å². The van der Waals surface area contributed by atoms with Crippen molar-refractivity contribution in [3.63, 3.8) is 0 Å². The molecule has 0 saturated carbocycles. The van der Waals surface area contributed by atoms with Gasteiger partial charge in [-0.1, -0.05) is 0 Å². The summed E-state index contributed by atoms with van der Waals surface area (Å²) in [5, 5.41) is 7.65. The molecule has 15 heavy (non-hydrogen) atoms. The fourth-order valence-electron chi connectivity index (χ4n) is 1.50. The fraction of sp³-hybridized carbons (Fsp3) is 0.727. The topological polar surface area (TPSA) is 33.1 Å². The SMILES string of the molecule is CC(NCCCN(C)C)c1cnn(C)c1. The maximum atomic E-state index is 4.16. The number of aryl methyl sites for hydroxylation is 1. The minimum atomic E-state index is 0.390. The Labute approximate surface area is 92.3 Å². The lowest BCUT2D eigenvalue weighted by Crippen LogP contribution is -2.23. The Hall–Kier alpha value is -0.870. The van der Waals surface area contributed by atoms with Crippen LogP contribution in [0.2, 0.25) is 0 Å². The van der Waals surface area contributed by atoms with Crippen molar-refractivity contribution in [1.82, 2.24) is 20.0 Å². The van der Waals surface area contributed by atoms with E-state index in [0.717, 1.165) is 13.1 Å². The van der Waals surface area contributed by atoms with E-state index in [1.54, 1.807) is 0 Å². The van der Waals surface area contributed by atoms with Gasteiger partial charge in [-0.3, -0.25) is 4.68 Å². The monoisotopic (exact) mass is 210 g/mol. The summed E-state index contributed by atoms with van der Waals surface area (Å²) in [4.78, 5) is 2.20. The molecular weight excluding hydrogens is 188 g/mol. The quantitative estimate of drug-likeness (QED) is 0.712. The average molecular weight is 210 g/mol. The van der Waals surface area contributed by atoms with Gasteiger partial charge < -0.3 is 10.2 Å². The molecule has 1 heterocycles. The van der Waals surface area contributed by atoms with Crippen LogP contribution in [0, 0.1) is 0 Å². The van der Waals surface area contributed by atoms with E-state index >= 15 is 0 Å². The first-order valence-corrected chi connectivity index (χ1v) is 5.46. The molecule has 1 atom stereocenters. The smallest absolute Gasteiger partial charge is 0.0537 e. The van der Waals surface area contributed by atoms with E-state index in [1.165, 1.54) is 12.0 Å². The lowest BCUT2D eigenvalue weighted by atomic mass is 10.2. The van der Waals surface area contributed by atoms with Crippen molar-refractivity contribution in [2.24, 2.45) is 7.05 Å². The van der Waals surface area contributed by atoms with Crippen LogP contribution in [0.25, 0.3) is 0 Å². The van der Waals surface area contributed by atoms with Crippen molar-refractivity contribution in [3.05, 3.63) is 18.0 Å². The molecule has 0 aliphatic carbocycles. The first kappa shape index (κ1) is 12.2. The Balaban J connectivity index is 2.21. The first-order valence-electron chi connectivity index (χ1n) is 5.46. The molecule has 0 aliphatic rings. The van der Waals surface area contributed by atoms with Gasteiger partial charge in [0.15, 0.2) is 0 Å². The summed E-state index contributed by atoms with van der Waals surface area (Å²) in [5.74, 6) is 0. The van der Waals surface area contributed by atoms with Gasteiger partial charge in [-0.05, 0) is 40.5 Å². The zero-order valence-electron chi connectivity index (χ0n) is 10.2. The van der Waals surface area contributed by atoms with Gasteiger partial charge in [0.2, 0.25) is 0 Å². The van der Waals surface area contributed by atoms with Crippen LogP contribution < -0.4 is 5.32 Å². The van der Waals surface area contributed by atoms with Crippen molar-refractivity contribution >= 4 is 0 Å². The second-order valence-electron chi connectivity index (χ2n) is 4.28. The zero-order valence-corrected chi connectivity index (χ0v) is 10.2. The predicted octanol–water partition coefficient (Wildman–Crippen LogP) is 1.02. The first-order chi connectivity index (χ1) is 7.09. The third kappa shape index (κ3) is 4.44. The summed E-state index contributed by atoms with van der Waals surface area (Å²) in [6.07, 6.45) is 5.16. The Kier molecular flexibility index (Phi) is 4.78. The Bertz CT molecular complexity index is 280. The number of hydrogen-bond acceptors (Lipinski definition) is 3. The van der Waals surface area contributed by atoms with Crippen LogP contribution in [0.15, 0.2) is 12.4 Å². The molecule has 1 rings (SSSR count). The minimum absolute atomic E-state index is 0.390. The maximum absolute atomic E-state index is 4.16. The third-order valence-corrected chi connectivity index (χ3v) is 2.46. The number of hydrogen-bond donors (Lipinski definition) is 1. The average Bonchev–Trinajstić information content (AvgIpc) is 2.59. The van der Waals surface area contributed by atoms with Crippen molar-refractivity contribution in [2.75, 3.05) is 27.2 Å². The highest BCUT2D eigenvalue weighted by molar-refractivity contribution is 5.08. The van der Waals surface area contributed by atoms with Gasteiger partial charge in [0.25, 0.3) is 0 Å². The lowest BCUT2D eigenvalue weighted by molar-refractivity contribution is 0.389. The lowest BCUT2D eigenvalue weighted by Gasteiger charge is -2.13. The van der Waals surface area contributed by atoms with E-state index in [9.17, 15) is 0 Å². The molecule has 4 nitrogen and oxygen atoms in total. The van der Waals surface area contributed by atoms with Gasteiger partial charge in [-0.2, -0.15) is 5.10 Å². The van der Waals surface area contributed by atoms with Crippen LogP contribution >= 0.6 is 0 Å². The molecule has 1 N–H and O–H groups in total. The third-order valence-electron chi connectivity index (χ3n) is 2.46.